The Kier molecular flexibility index (Phi) is 7.29. The van der Waals surface area contributed by atoms with Gasteiger partial charge in [-0.15, -0.1) is 0 Å². The van der Waals surface area contributed by atoms with Crippen LogP contribution in [0, 0.1) is 11.7 Å². The lowest BCUT2D eigenvalue weighted by atomic mass is 9.96. The first-order valence-corrected chi connectivity index (χ1v) is 10.3. The van der Waals surface area contributed by atoms with E-state index in [0.717, 1.165) is 18.3 Å². The lowest BCUT2D eigenvalue weighted by molar-refractivity contribution is 0.102. The van der Waals surface area contributed by atoms with Crippen molar-refractivity contribution in [3.8, 4) is 0 Å². The molecule has 0 aromatic heterocycles. The molecule has 1 aliphatic heterocycles. The van der Waals surface area contributed by atoms with Gasteiger partial charge in [-0.1, -0.05) is 24.6 Å². The van der Waals surface area contributed by atoms with E-state index in [0.29, 0.717) is 11.6 Å². The fourth-order valence-electron chi connectivity index (χ4n) is 3.57. The molecule has 0 bridgehead atoms. The number of benzene rings is 2. The Morgan fingerprint density at radius 3 is 2.64 bits per heavy atom. The molecule has 2 N–H and O–H groups in total. The molecule has 2 aromatic carbocycles. The van der Waals surface area contributed by atoms with E-state index in [2.05, 4.69) is 22.5 Å². The van der Waals surface area contributed by atoms with Crippen molar-refractivity contribution in [3.63, 3.8) is 0 Å². The van der Waals surface area contributed by atoms with E-state index in [-0.39, 0.29) is 16.5 Å². The third kappa shape index (κ3) is 5.69. The zero-order valence-corrected chi connectivity index (χ0v) is 16.9. The van der Waals surface area contributed by atoms with E-state index in [4.69, 9.17) is 11.6 Å². The van der Waals surface area contributed by atoms with Gasteiger partial charge in [-0.3, -0.25) is 4.79 Å². The summed E-state index contributed by atoms with van der Waals surface area (Å²) in [6.45, 7) is 6.70. The first kappa shape index (κ1) is 20.6. The van der Waals surface area contributed by atoms with Crippen molar-refractivity contribution in [2.75, 3.05) is 36.8 Å². The number of rotatable bonds is 7. The number of carbonyl (C=O) groups is 1. The Morgan fingerprint density at radius 2 is 1.93 bits per heavy atom. The molecule has 0 radical (unpaired) electrons. The average molecular weight is 404 g/mol. The van der Waals surface area contributed by atoms with Gasteiger partial charge in [0.15, 0.2) is 0 Å². The molecule has 6 heteroatoms. The van der Waals surface area contributed by atoms with E-state index in [1.165, 1.54) is 51.0 Å². The molecule has 1 fully saturated rings. The predicted molar refractivity (Wildman–Crippen MR) is 114 cm³/mol. The smallest absolute Gasteiger partial charge is 0.257 e. The predicted octanol–water partition coefficient (Wildman–Crippen LogP) is 5.27. The molecule has 4 nitrogen and oxygen atoms in total. The maximum Gasteiger partial charge on any atom is 0.257 e. The van der Waals surface area contributed by atoms with Crippen molar-refractivity contribution in [1.29, 1.82) is 0 Å². The molecule has 0 atom stereocenters. The van der Waals surface area contributed by atoms with Gasteiger partial charge in [0.05, 0.1) is 10.6 Å². The van der Waals surface area contributed by atoms with E-state index < -0.39 is 5.82 Å². The van der Waals surface area contributed by atoms with Crippen LogP contribution < -0.4 is 10.6 Å². The molecule has 2 aromatic rings. The van der Waals surface area contributed by atoms with Crippen molar-refractivity contribution in [3.05, 3.63) is 58.9 Å². The molecule has 0 aliphatic carbocycles. The number of halogens is 2. The molecule has 1 heterocycles. The van der Waals surface area contributed by atoms with Crippen LogP contribution in [0.5, 0.6) is 0 Å². The van der Waals surface area contributed by atoms with Crippen LogP contribution in [0.1, 0.15) is 36.5 Å². The van der Waals surface area contributed by atoms with Crippen molar-refractivity contribution in [2.24, 2.45) is 5.92 Å². The number of nitrogens with zero attached hydrogens (tertiary/aromatic N) is 1. The molecular weight excluding hydrogens is 377 g/mol. The summed E-state index contributed by atoms with van der Waals surface area (Å²) in [5.41, 5.74) is 1.90. The molecule has 3 rings (SSSR count). The molecule has 1 saturated heterocycles. The molecule has 1 amide bonds. The highest BCUT2D eigenvalue weighted by Crippen LogP contribution is 2.22. The Hall–Kier alpha value is -2.11. The number of carbonyl (C=O) groups excluding carboxylic acids is 1. The highest BCUT2D eigenvalue weighted by atomic mass is 35.5. The molecule has 0 spiro atoms. The number of nitrogens with one attached hydrogen (secondary N) is 2. The molecule has 0 unspecified atom stereocenters. The van der Waals surface area contributed by atoms with Crippen LogP contribution >= 0.6 is 11.6 Å². The van der Waals surface area contributed by atoms with Gasteiger partial charge in [0.25, 0.3) is 5.91 Å². The third-order valence-electron chi connectivity index (χ3n) is 5.14. The maximum atomic E-state index is 13.2. The van der Waals surface area contributed by atoms with Crippen molar-refractivity contribution in [2.45, 2.75) is 26.2 Å². The summed E-state index contributed by atoms with van der Waals surface area (Å²) in [4.78, 5) is 14.9. The number of piperidine rings is 1. The summed E-state index contributed by atoms with van der Waals surface area (Å²) >= 11 is 5.97. The molecule has 1 aliphatic rings. The van der Waals surface area contributed by atoms with Gasteiger partial charge in [-0.2, -0.15) is 0 Å². The van der Waals surface area contributed by atoms with Gasteiger partial charge in [0.1, 0.15) is 5.82 Å². The van der Waals surface area contributed by atoms with Gasteiger partial charge < -0.3 is 15.5 Å². The monoisotopic (exact) mass is 403 g/mol. The number of hydrogen-bond acceptors (Lipinski definition) is 3. The summed E-state index contributed by atoms with van der Waals surface area (Å²) in [5, 5.41) is 6.41. The van der Waals surface area contributed by atoms with E-state index >= 15 is 0 Å². The topological polar surface area (TPSA) is 44.4 Å². The van der Waals surface area contributed by atoms with E-state index in [9.17, 15) is 9.18 Å². The molecule has 150 valence electrons. The minimum atomic E-state index is -0.465. The summed E-state index contributed by atoms with van der Waals surface area (Å²) in [6, 6.07) is 11.4. The first-order valence-electron chi connectivity index (χ1n) is 9.88. The second kappa shape index (κ2) is 9.89. The summed E-state index contributed by atoms with van der Waals surface area (Å²) in [7, 11) is 0. The van der Waals surface area contributed by atoms with Gasteiger partial charge in [0, 0.05) is 17.9 Å². The van der Waals surface area contributed by atoms with Crippen LogP contribution in [0.4, 0.5) is 15.8 Å². The number of anilines is 2. The standard InChI is InChI=1S/C22H27ClFN3O/c1-2-10-27-11-8-16(9-12-27)15-25-18-4-3-5-19(14-18)26-22(28)20-7-6-17(24)13-21(20)23/h3-7,13-14,16,25H,2,8-12,15H2,1H3,(H,26,28). The number of likely N-dealkylation sites (tertiary alicyclic amines) is 1. The molecule has 28 heavy (non-hydrogen) atoms. The second-order valence-electron chi connectivity index (χ2n) is 7.33. The Labute approximate surface area is 171 Å². The maximum absolute atomic E-state index is 13.2. The van der Waals surface area contributed by atoms with Gasteiger partial charge >= 0.3 is 0 Å². The quantitative estimate of drug-likeness (QED) is 0.662. The van der Waals surface area contributed by atoms with Crippen LogP contribution in [-0.2, 0) is 0 Å². The average Bonchev–Trinajstić information content (AvgIpc) is 2.68. The number of amides is 1. The zero-order valence-electron chi connectivity index (χ0n) is 16.2. The number of hydrogen-bond donors (Lipinski definition) is 2. The summed E-state index contributed by atoms with van der Waals surface area (Å²) < 4.78 is 13.2. The van der Waals surface area contributed by atoms with E-state index in [1.807, 2.05) is 24.3 Å². The van der Waals surface area contributed by atoms with Gasteiger partial charge in [-0.05, 0) is 81.2 Å². The normalized spacial score (nSPS) is 15.4. The highest BCUT2D eigenvalue weighted by Gasteiger charge is 2.18. The van der Waals surface area contributed by atoms with Crippen molar-refractivity contribution >= 4 is 28.9 Å². The Balaban J connectivity index is 1.53. The summed E-state index contributed by atoms with van der Waals surface area (Å²) in [5.74, 6) is -0.150. The SMILES string of the molecule is CCCN1CCC(CNc2cccc(NC(=O)c3ccc(F)cc3Cl)c2)CC1. The van der Waals surface area contributed by atoms with Gasteiger partial charge in [-0.25, -0.2) is 4.39 Å². The van der Waals surface area contributed by atoms with Crippen molar-refractivity contribution < 1.29 is 9.18 Å². The zero-order chi connectivity index (χ0) is 19.9. The fourth-order valence-corrected chi connectivity index (χ4v) is 3.82. The van der Waals surface area contributed by atoms with Crippen LogP contribution in [0.3, 0.4) is 0 Å². The Bertz CT molecular complexity index is 806. The fraction of sp³-hybridized carbons (Fsp3) is 0.409. The first-order chi connectivity index (χ1) is 13.5. The Morgan fingerprint density at radius 1 is 1.18 bits per heavy atom. The largest absolute Gasteiger partial charge is 0.385 e. The van der Waals surface area contributed by atoms with Crippen LogP contribution in [0.15, 0.2) is 42.5 Å². The molecule has 0 saturated carbocycles. The van der Waals surface area contributed by atoms with E-state index in [1.54, 1.807) is 0 Å². The minimum Gasteiger partial charge on any atom is -0.385 e. The van der Waals surface area contributed by atoms with Crippen LogP contribution in [-0.4, -0.2) is 37.0 Å². The van der Waals surface area contributed by atoms with Crippen molar-refractivity contribution in [1.82, 2.24) is 4.90 Å². The van der Waals surface area contributed by atoms with Crippen LogP contribution in [0.2, 0.25) is 5.02 Å². The lowest BCUT2D eigenvalue weighted by Gasteiger charge is -2.31. The minimum absolute atomic E-state index is 0.0983. The van der Waals surface area contributed by atoms with Crippen LogP contribution in [0.25, 0.3) is 0 Å². The second-order valence-corrected chi connectivity index (χ2v) is 7.73. The summed E-state index contributed by atoms with van der Waals surface area (Å²) in [6.07, 6.45) is 3.64. The molecular formula is C22H27ClFN3O. The van der Waals surface area contributed by atoms with Gasteiger partial charge in [0.2, 0.25) is 0 Å². The third-order valence-corrected chi connectivity index (χ3v) is 5.45. The highest BCUT2D eigenvalue weighted by molar-refractivity contribution is 6.34. The lowest BCUT2D eigenvalue weighted by Crippen LogP contribution is -2.36.